The molecule has 326 valence electrons. The van der Waals surface area contributed by atoms with Gasteiger partial charge in [-0.15, -0.1) is 0 Å². The predicted molar refractivity (Wildman–Crippen MR) is 245 cm³/mol. The van der Waals surface area contributed by atoms with E-state index in [4.69, 9.17) is 0 Å². The summed E-state index contributed by atoms with van der Waals surface area (Å²) in [6, 6.07) is 12.2. The van der Waals surface area contributed by atoms with Crippen LogP contribution in [0.2, 0.25) is 0 Å². The van der Waals surface area contributed by atoms with E-state index in [0.29, 0.717) is 51.8 Å². The molecule has 0 saturated heterocycles. The maximum atomic E-state index is 15.2. The second-order valence-corrected chi connectivity index (χ2v) is 18.2. The van der Waals surface area contributed by atoms with Gasteiger partial charge in [-0.3, -0.25) is 29.0 Å². The van der Waals surface area contributed by atoms with Gasteiger partial charge < -0.3 is 0 Å². The first-order valence-corrected chi connectivity index (χ1v) is 23.8. The van der Waals surface area contributed by atoms with Crippen LogP contribution in [0.25, 0.3) is 27.6 Å². The van der Waals surface area contributed by atoms with Crippen LogP contribution in [0.15, 0.2) is 61.2 Å². The molecule has 2 unspecified atom stereocenters. The zero-order valence-electron chi connectivity index (χ0n) is 39.0. The summed E-state index contributed by atoms with van der Waals surface area (Å²) in [6.07, 6.45) is 20.6. The summed E-state index contributed by atoms with van der Waals surface area (Å²) in [5, 5.41) is 0.896. The lowest BCUT2D eigenvalue weighted by Gasteiger charge is -2.38. The number of nitrogens with zero attached hydrogens (tertiary/aromatic N) is 4. The van der Waals surface area contributed by atoms with Gasteiger partial charge in [-0.05, 0) is 65.7 Å². The maximum absolute atomic E-state index is 15.2. The van der Waals surface area contributed by atoms with Crippen LogP contribution in [0.3, 0.4) is 0 Å². The molecule has 4 amide bonds. The lowest BCUT2D eigenvalue weighted by molar-refractivity contribution is -0.766. The lowest BCUT2D eigenvalue weighted by atomic mass is 9.71. The van der Waals surface area contributed by atoms with Crippen molar-refractivity contribution in [1.82, 2.24) is 9.80 Å². The van der Waals surface area contributed by atoms with Gasteiger partial charge in [0.1, 0.15) is 5.56 Å². The van der Waals surface area contributed by atoms with Crippen LogP contribution in [0.5, 0.6) is 0 Å². The monoisotopic (exact) mass is 829 g/mol. The molecule has 0 fully saturated rings. The Morgan fingerprint density at radius 1 is 0.557 bits per heavy atom. The molecule has 0 radical (unpaired) electrons. The fourth-order valence-electron chi connectivity index (χ4n) is 10.1. The molecular weight excluding hydrogens is 757 g/mol. The molecule has 4 aromatic rings. The van der Waals surface area contributed by atoms with E-state index in [2.05, 4.69) is 98.3 Å². The van der Waals surface area contributed by atoms with Crippen LogP contribution in [0.1, 0.15) is 200 Å². The molecular formula is C53H72N4O4+2. The van der Waals surface area contributed by atoms with Crippen molar-refractivity contribution in [3.05, 3.63) is 89.0 Å². The Kier molecular flexibility index (Phi) is 14.4. The van der Waals surface area contributed by atoms with Gasteiger partial charge in [0.2, 0.25) is 5.69 Å². The number of rotatable bonds is 21. The molecule has 2 aromatic carbocycles. The topological polar surface area (TPSA) is 82.5 Å². The predicted octanol–water partition coefficient (Wildman–Crippen LogP) is 11.7. The van der Waals surface area contributed by atoms with Crippen LogP contribution in [-0.4, -0.2) is 46.5 Å². The van der Waals surface area contributed by atoms with Crippen molar-refractivity contribution in [2.24, 2.45) is 11.8 Å². The first-order valence-electron chi connectivity index (χ1n) is 23.8. The SMILES string of the molecule is CCCCC(CC)CN1C(=O)c2cc(C(C)(CC)CC)c3c4c(cc(-[n+]5ccc(-c6cc[n+](C(CC)(CC)CC)cc6)cc5)c(c24)C1=O)C(=O)N(CC(CC)CCCC)C3=O. The summed E-state index contributed by atoms with van der Waals surface area (Å²) in [5.74, 6) is -1.06. The molecule has 2 aromatic heterocycles. The normalized spacial score (nSPS) is 15.3. The number of pyridine rings is 2. The lowest BCUT2D eigenvalue weighted by Crippen LogP contribution is -2.54. The van der Waals surface area contributed by atoms with Crippen molar-refractivity contribution in [2.75, 3.05) is 13.1 Å². The van der Waals surface area contributed by atoms with Crippen molar-refractivity contribution in [2.45, 2.75) is 164 Å². The van der Waals surface area contributed by atoms with Crippen molar-refractivity contribution in [3.63, 3.8) is 0 Å². The first kappa shape index (κ1) is 45.8. The van der Waals surface area contributed by atoms with Gasteiger partial charge in [0, 0.05) is 79.0 Å². The molecule has 61 heavy (non-hydrogen) atoms. The van der Waals surface area contributed by atoms with Gasteiger partial charge in [-0.1, -0.05) is 108 Å². The molecule has 0 aliphatic carbocycles. The highest BCUT2D eigenvalue weighted by Gasteiger charge is 2.47. The zero-order chi connectivity index (χ0) is 44.2. The summed E-state index contributed by atoms with van der Waals surface area (Å²) in [7, 11) is 0. The largest absolute Gasteiger partial charge is 0.274 e. The number of amides is 4. The Morgan fingerprint density at radius 3 is 1.44 bits per heavy atom. The highest BCUT2D eigenvalue weighted by atomic mass is 16.2. The molecule has 8 heteroatoms. The Hall–Kier alpha value is -4.72. The number of imide groups is 2. The molecule has 0 bridgehead atoms. The molecule has 0 N–H and O–H groups in total. The minimum Gasteiger partial charge on any atom is -0.274 e. The average molecular weight is 829 g/mol. The summed E-state index contributed by atoms with van der Waals surface area (Å²) in [4.78, 5) is 63.1. The van der Waals surface area contributed by atoms with Crippen molar-refractivity contribution in [1.29, 1.82) is 0 Å². The van der Waals surface area contributed by atoms with Crippen LogP contribution < -0.4 is 9.13 Å². The van der Waals surface area contributed by atoms with Crippen LogP contribution >= 0.6 is 0 Å². The van der Waals surface area contributed by atoms with Crippen LogP contribution in [-0.2, 0) is 11.0 Å². The van der Waals surface area contributed by atoms with E-state index in [9.17, 15) is 9.59 Å². The number of aromatic nitrogens is 2. The van der Waals surface area contributed by atoms with Gasteiger partial charge in [0.25, 0.3) is 23.6 Å². The fraction of sp³-hybridized carbons (Fsp3) is 0.547. The standard InChI is InChI=1S/C53H72N4O4/c1-11-20-22-36(13-3)34-56-49(59)41-33-43(54-28-24-38(25-29-54)39-26-30-55(31-27-39)53(17-7,18-8)19-9)47-45-40(48(58)57(51(47)61)35-37(14-4)23-21-12-2)32-42(52(10,15-5)16-6)46(44(41)45)50(56)60/h24-33,36-37H,11-23,34-35H2,1-10H3/q+2. The summed E-state index contributed by atoms with van der Waals surface area (Å²) in [5.41, 5.74) is 4.70. The van der Waals surface area contributed by atoms with Gasteiger partial charge >= 0.3 is 0 Å². The Balaban J connectivity index is 1.60. The second kappa shape index (κ2) is 19.1. The fourth-order valence-corrected chi connectivity index (χ4v) is 10.1. The smallest absolute Gasteiger partial charge is 0.268 e. The number of unbranched alkanes of at least 4 members (excludes halogenated alkanes) is 2. The van der Waals surface area contributed by atoms with Crippen molar-refractivity contribution >= 4 is 34.4 Å². The van der Waals surface area contributed by atoms with E-state index in [-0.39, 0.29) is 41.0 Å². The third-order valence-corrected chi connectivity index (χ3v) is 15.2. The number of carbonyl (C=O) groups is 4. The molecule has 6 rings (SSSR count). The van der Waals surface area contributed by atoms with Crippen LogP contribution in [0.4, 0.5) is 0 Å². The average Bonchev–Trinajstić information content (AvgIpc) is 3.30. The van der Waals surface area contributed by atoms with Crippen LogP contribution in [0, 0.1) is 11.8 Å². The van der Waals surface area contributed by atoms with E-state index in [1.165, 1.54) is 9.80 Å². The number of benzene rings is 2. The van der Waals surface area contributed by atoms with E-state index >= 15 is 9.59 Å². The quantitative estimate of drug-likeness (QED) is 0.0619. The molecule has 4 heterocycles. The molecule has 2 aliphatic rings. The number of carbonyl (C=O) groups excluding carboxylic acids is 4. The molecule has 2 aliphatic heterocycles. The molecule has 0 spiro atoms. The highest BCUT2D eigenvalue weighted by Crippen LogP contribution is 2.46. The highest BCUT2D eigenvalue weighted by molar-refractivity contribution is 6.34. The second-order valence-electron chi connectivity index (χ2n) is 18.2. The number of hydrogen-bond donors (Lipinski definition) is 0. The Morgan fingerprint density at radius 2 is 1.00 bits per heavy atom. The van der Waals surface area contributed by atoms with E-state index in [0.717, 1.165) is 100 Å². The maximum Gasteiger partial charge on any atom is 0.268 e. The minimum absolute atomic E-state index is 0.0840. The van der Waals surface area contributed by atoms with Gasteiger partial charge in [-0.25, -0.2) is 0 Å². The van der Waals surface area contributed by atoms with Crippen molar-refractivity contribution in [3.8, 4) is 16.8 Å². The third kappa shape index (κ3) is 8.21. The number of hydrogen-bond acceptors (Lipinski definition) is 4. The van der Waals surface area contributed by atoms with Gasteiger partial charge in [0.05, 0.1) is 11.1 Å². The molecule has 8 nitrogen and oxygen atoms in total. The Labute approximate surface area is 365 Å². The minimum atomic E-state index is -0.448. The first-order chi connectivity index (χ1) is 29.4. The Bertz CT molecular complexity index is 2240. The molecule has 0 saturated carbocycles. The molecule has 2 atom stereocenters. The van der Waals surface area contributed by atoms with E-state index in [1.54, 1.807) is 0 Å². The van der Waals surface area contributed by atoms with E-state index in [1.807, 2.05) is 41.2 Å². The van der Waals surface area contributed by atoms with Gasteiger partial charge in [-0.2, -0.15) is 9.13 Å². The summed E-state index contributed by atoms with van der Waals surface area (Å²) < 4.78 is 4.26. The van der Waals surface area contributed by atoms with Gasteiger partial charge in [0.15, 0.2) is 30.3 Å². The summed E-state index contributed by atoms with van der Waals surface area (Å²) >= 11 is 0. The third-order valence-electron chi connectivity index (χ3n) is 15.2. The summed E-state index contributed by atoms with van der Waals surface area (Å²) in [6.45, 7) is 22.4. The zero-order valence-corrected chi connectivity index (χ0v) is 39.0. The van der Waals surface area contributed by atoms with E-state index < -0.39 is 5.41 Å². The van der Waals surface area contributed by atoms with Crippen molar-refractivity contribution < 1.29 is 28.3 Å².